The van der Waals surface area contributed by atoms with Crippen LogP contribution in [0.1, 0.15) is 51.9 Å². The van der Waals surface area contributed by atoms with E-state index in [1.807, 2.05) is 6.92 Å². The first-order valence-corrected chi connectivity index (χ1v) is 7.22. The summed E-state index contributed by atoms with van der Waals surface area (Å²) in [5.41, 5.74) is 6.15. The largest absolute Gasteiger partial charge is 0.381 e. The third-order valence-electron chi connectivity index (χ3n) is 4.47. The van der Waals surface area contributed by atoms with Crippen molar-refractivity contribution in [3.63, 3.8) is 0 Å². The van der Waals surface area contributed by atoms with Crippen LogP contribution < -0.4 is 11.1 Å². The maximum atomic E-state index is 11.7. The van der Waals surface area contributed by atoms with Crippen molar-refractivity contribution in [1.29, 1.82) is 0 Å². The van der Waals surface area contributed by atoms with E-state index in [0.29, 0.717) is 17.9 Å². The first-order valence-electron chi connectivity index (χ1n) is 7.22. The molecule has 0 aromatic carbocycles. The second-order valence-corrected chi connectivity index (χ2v) is 6.14. The Balaban J connectivity index is 1.74. The molecule has 1 aliphatic carbocycles. The van der Waals surface area contributed by atoms with Crippen molar-refractivity contribution >= 4 is 5.91 Å². The van der Waals surface area contributed by atoms with Gasteiger partial charge in [0.15, 0.2) is 0 Å². The van der Waals surface area contributed by atoms with Crippen molar-refractivity contribution in [2.75, 3.05) is 13.2 Å². The minimum Gasteiger partial charge on any atom is -0.381 e. The molecule has 1 saturated carbocycles. The van der Waals surface area contributed by atoms with E-state index < -0.39 is 0 Å². The zero-order valence-electron chi connectivity index (χ0n) is 11.4. The molecule has 104 valence electrons. The van der Waals surface area contributed by atoms with Crippen LogP contribution in [0, 0.1) is 5.41 Å². The molecule has 1 heterocycles. The van der Waals surface area contributed by atoms with Gasteiger partial charge in [0.05, 0.1) is 0 Å². The van der Waals surface area contributed by atoms with Gasteiger partial charge in [-0.25, -0.2) is 0 Å². The van der Waals surface area contributed by atoms with Crippen LogP contribution in [0.25, 0.3) is 0 Å². The third kappa shape index (κ3) is 3.69. The van der Waals surface area contributed by atoms with E-state index in [-0.39, 0.29) is 11.9 Å². The lowest BCUT2D eigenvalue weighted by Crippen LogP contribution is -2.43. The lowest BCUT2D eigenvalue weighted by molar-refractivity contribution is -0.122. The van der Waals surface area contributed by atoms with Gasteiger partial charge in [0.2, 0.25) is 5.91 Å². The molecule has 1 amide bonds. The van der Waals surface area contributed by atoms with Gasteiger partial charge in [0.25, 0.3) is 0 Å². The van der Waals surface area contributed by atoms with E-state index in [0.717, 1.165) is 26.1 Å². The number of carbonyl (C=O) groups excluding carboxylic acids is 1. The van der Waals surface area contributed by atoms with Gasteiger partial charge in [-0.2, -0.15) is 0 Å². The molecular weight excluding hydrogens is 228 g/mol. The van der Waals surface area contributed by atoms with Crippen LogP contribution in [0.15, 0.2) is 0 Å². The molecule has 0 aromatic heterocycles. The predicted octanol–water partition coefficient (Wildman–Crippen LogP) is 1.58. The van der Waals surface area contributed by atoms with Crippen molar-refractivity contribution in [3.8, 4) is 0 Å². The summed E-state index contributed by atoms with van der Waals surface area (Å²) in [4.78, 5) is 11.7. The highest BCUT2D eigenvalue weighted by atomic mass is 16.5. The standard InChI is InChI=1S/C14H26N2O2/c1-11(15)10-13(17)16-12-2-4-14(5-3-12)6-8-18-9-7-14/h11-12H,2-10,15H2,1H3,(H,16,17). The Kier molecular flexibility index (Phi) is 4.62. The van der Waals surface area contributed by atoms with Gasteiger partial charge < -0.3 is 15.8 Å². The fourth-order valence-electron chi connectivity index (χ4n) is 3.26. The van der Waals surface area contributed by atoms with Crippen LogP contribution in [-0.4, -0.2) is 31.2 Å². The zero-order valence-corrected chi connectivity index (χ0v) is 11.4. The van der Waals surface area contributed by atoms with Gasteiger partial charge in [-0.05, 0) is 50.9 Å². The number of hydrogen-bond donors (Lipinski definition) is 2. The molecule has 2 rings (SSSR count). The highest BCUT2D eigenvalue weighted by Gasteiger charge is 2.36. The van der Waals surface area contributed by atoms with Gasteiger partial charge in [-0.3, -0.25) is 4.79 Å². The van der Waals surface area contributed by atoms with Gasteiger partial charge in [0.1, 0.15) is 0 Å². The Morgan fingerprint density at radius 3 is 2.50 bits per heavy atom. The first kappa shape index (κ1) is 13.8. The lowest BCUT2D eigenvalue weighted by atomic mass is 9.68. The average molecular weight is 254 g/mol. The maximum Gasteiger partial charge on any atom is 0.221 e. The van der Waals surface area contributed by atoms with E-state index in [1.54, 1.807) is 0 Å². The first-order chi connectivity index (χ1) is 8.60. The molecule has 18 heavy (non-hydrogen) atoms. The van der Waals surface area contributed by atoms with Crippen LogP contribution >= 0.6 is 0 Å². The Hall–Kier alpha value is -0.610. The molecule has 2 fully saturated rings. The average Bonchev–Trinajstić information content (AvgIpc) is 2.33. The lowest BCUT2D eigenvalue weighted by Gasteiger charge is -2.42. The second kappa shape index (κ2) is 6.02. The van der Waals surface area contributed by atoms with Crippen molar-refractivity contribution in [2.45, 2.75) is 64.0 Å². The Morgan fingerprint density at radius 2 is 1.94 bits per heavy atom. The van der Waals surface area contributed by atoms with Crippen LogP contribution in [0.4, 0.5) is 0 Å². The molecule has 0 bridgehead atoms. The minimum atomic E-state index is -0.0459. The van der Waals surface area contributed by atoms with Crippen molar-refractivity contribution in [1.82, 2.24) is 5.32 Å². The van der Waals surface area contributed by atoms with E-state index in [9.17, 15) is 4.79 Å². The quantitative estimate of drug-likeness (QED) is 0.803. The van der Waals surface area contributed by atoms with Crippen molar-refractivity contribution in [2.24, 2.45) is 11.1 Å². The number of carbonyl (C=O) groups is 1. The van der Waals surface area contributed by atoms with Gasteiger partial charge in [-0.1, -0.05) is 0 Å². The number of hydrogen-bond acceptors (Lipinski definition) is 3. The topological polar surface area (TPSA) is 64.4 Å². The molecule has 1 atom stereocenters. The molecule has 4 heteroatoms. The van der Waals surface area contributed by atoms with E-state index in [4.69, 9.17) is 10.5 Å². The van der Waals surface area contributed by atoms with Crippen LogP contribution in [0.2, 0.25) is 0 Å². The molecule has 1 saturated heterocycles. The molecule has 4 nitrogen and oxygen atoms in total. The Morgan fingerprint density at radius 1 is 1.33 bits per heavy atom. The third-order valence-corrected chi connectivity index (χ3v) is 4.47. The van der Waals surface area contributed by atoms with E-state index in [1.165, 1.54) is 25.7 Å². The molecule has 1 unspecified atom stereocenters. The minimum absolute atomic E-state index is 0.0459. The fraction of sp³-hybridized carbons (Fsp3) is 0.929. The van der Waals surface area contributed by atoms with Crippen LogP contribution in [-0.2, 0) is 9.53 Å². The summed E-state index contributed by atoms with van der Waals surface area (Å²) in [6, 6.07) is 0.320. The van der Waals surface area contributed by atoms with Gasteiger partial charge in [0, 0.05) is 31.7 Å². The molecule has 0 radical (unpaired) electrons. The summed E-state index contributed by atoms with van der Waals surface area (Å²) in [6.07, 6.45) is 7.55. The van der Waals surface area contributed by atoms with Crippen molar-refractivity contribution in [3.05, 3.63) is 0 Å². The summed E-state index contributed by atoms with van der Waals surface area (Å²) in [7, 11) is 0. The van der Waals surface area contributed by atoms with E-state index in [2.05, 4.69) is 5.32 Å². The maximum absolute atomic E-state index is 11.7. The summed E-state index contributed by atoms with van der Waals surface area (Å²) < 4.78 is 5.45. The smallest absolute Gasteiger partial charge is 0.221 e. The highest BCUT2D eigenvalue weighted by Crippen LogP contribution is 2.44. The monoisotopic (exact) mass is 254 g/mol. The SMILES string of the molecule is CC(N)CC(=O)NC1CCC2(CCOCC2)CC1. The van der Waals surface area contributed by atoms with Gasteiger partial charge >= 0.3 is 0 Å². The molecule has 2 aliphatic rings. The normalized spacial score (nSPS) is 25.9. The molecule has 1 aliphatic heterocycles. The second-order valence-electron chi connectivity index (χ2n) is 6.14. The zero-order chi connectivity index (χ0) is 13.0. The molecule has 3 N–H and O–H groups in total. The summed E-state index contributed by atoms with van der Waals surface area (Å²) >= 11 is 0. The number of nitrogens with one attached hydrogen (secondary N) is 1. The number of rotatable bonds is 3. The Labute approximate surface area is 110 Å². The van der Waals surface area contributed by atoms with Crippen molar-refractivity contribution < 1.29 is 9.53 Å². The Bertz CT molecular complexity index is 276. The van der Waals surface area contributed by atoms with Crippen LogP contribution in [0.5, 0.6) is 0 Å². The van der Waals surface area contributed by atoms with Crippen LogP contribution in [0.3, 0.4) is 0 Å². The van der Waals surface area contributed by atoms with E-state index >= 15 is 0 Å². The number of ether oxygens (including phenoxy) is 1. The number of amides is 1. The molecule has 1 spiro atoms. The predicted molar refractivity (Wildman–Crippen MR) is 71.2 cm³/mol. The molecular formula is C14H26N2O2. The summed E-state index contributed by atoms with van der Waals surface area (Å²) in [5.74, 6) is 0.109. The highest BCUT2D eigenvalue weighted by molar-refractivity contribution is 5.76. The summed E-state index contributed by atoms with van der Waals surface area (Å²) in [5, 5.41) is 3.12. The number of nitrogens with two attached hydrogens (primary N) is 1. The van der Waals surface area contributed by atoms with Gasteiger partial charge in [-0.15, -0.1) is 0 Å². The molecule has 0 aromatic rings. The summed E-state index contributed by atoms with van der Waals surface area (Å²) in [6.45, 7) is 3.71. The fourth-order valence-corrected chi connectivity index (χ4v) is 3.26.